The number of H-pyrrole nitrogens is 1. The molecule has 0 spiro atoms. The average Bonchev–Trinajstić information content (AvgIpc) is 2.97. The number of rotatable bonds is 2. The summed E-state index contributed by atoms with van der Waals surface area (Å²) in [5.41, 5.74) is 3.27. The third kappa shape index (κ3) is 2.31. The van der Waals surface area contributed by atoms with Gasteiger partial charge < -0.3 is 4.98 Å². The Balaban J connectivity index is 1.90. The van der Waals surface area contributed by atoms with E-state index in [9.17, 15) is 0 Å². The van der Waals surface area contributed by atoms with Crippen LogP contribution in [0.25, 0.3) is 33.4 Å². The third-order valence-electron chi connectivity index (χ3n) is 3.75. The van der Waals surface area contributed by atoms with Gasteiger partial charge in [0.15, 0.2) is 0 Å². The molecule has 22 heavy (non-hydrogen) atoms. The van der Waals surface area contributed by atoms with E-state index in [1.54, 1.807) is 0 Å². The van der Waals surface area contributed by atoms with Crippen LogP contribution in [0.2, 0.25) is 0 Å². The molecule has 0 aliphatic heterocycles. The van der Waals surface area contributed by atoms with Crippen molar-refractivity contribution < 1.29 is 0 Å². The molecule has 0 amide bonds. The molecule has 0 saturated heterocycles. The fourth-order valence-electron chi connectivity index (χ4n) is 2.70. The third-order valence-corrected chi connectivity index (χ3v) is 4.53. The van der Waals surface area contributed by atoms with E-state index in [0.717, 1.165) is 26.3 Å². The molecule has 3 aromatic carbocycles. The predicted octanol–water partition coefficient (Wildman–Crippen LogP) is 5.50. The lowest BCUT2D eigenvalue weighted by molar-refractivity contribution is 1.30. The Kier molecular flexibility index (Phi) is 3.42. The molecule has 3 heteroatoms. The van der Waals surface area contributed by atoms with Gasteiger partial charge in [0.1, 0.15) is 15.2 Å². The summed E-state index contributed by atoms with van der Waals surface area (Å²) in [5, 5.41) is 2.45. The fraction of sp³-hybridized carbons (Fsp3) is 0. The summed E-state index contributed by atoms with van der Waals surface area (Å²) >= 11 is 2.32. The van der Waals surface area contributed by atoms with Crippen molar-refractivity contribution in [2.45, 2.75) is 0 Å². The Hall–Kier alpha value is -2.14. The summed E-state index contributed by atoms with van der Waals surface area (Å²) in [5.74, 6) is 0.917. The number of hydrogen-bond donors (Lipinski definition) is 1. The largest absolute Gasteiger partial charge is 0.333 e. The van der Waals surface area contributed by atoms with Crippen molar-refractivity contribution in [3.8, 4) is 22.6 Å². The van der Waals surface area contributed by atoms with E-state index in [1.165, 1.54) is 10.8 Å². The Bertz CT molecular complexity index is 937. The van der Waals surface area contributed by atoms with Gasteiger partial charge in [-0.05, 0) is 33.4 Å². The highest BCUT2D eigenvalue weighted by molar-refractivity contribution is 14.1. The highest BCUT2D eigenvalue weighted by Crippen LogP contribution is 2.30. The van der Waals surface area contributed by atoms with E-state index in [1.807, 2.05) is 18.2 Å². The molecule has 0 saturated carbocycles. The van der Waals surface area contributed by atoms with Gasteiger partial charge in [0.05, 0.1) is 0 Å². The number of fused-ring (bicyclic) bond motifs is 1. The number of aromatic nitrogens is 2. The summed E-state index contributed by atoms with van der Waals surface area (Å²) in [7, 11) is 0. The SMILES string of the molecule is Ic1[nH]c(-c2cccc3ccccc23)nc1-c1ccccc1. The Morgan fingerprint density at radius 1 is 0.773 bits per heavy atom. The number of aromatic amines is 1. The number of nitrogens with one attached hydrogen (secondary N) is 1. The minimum Gasteiger partial charge on any atom is -0.333 e. The van der Waals surface area contributed by atoms with Gasteiger partial charge in [0.2, 0.25) is 0 Å². The molecule has 0 unspecified atom stereocenters. The topological polar surface area (TPSA) is 28.7 Å². The van der Waals surface area contributed by atoms with Crippen LogP contribution in [0.15, 0.2) is 72.8 Å². The number of halogens is 1. The van der Waals surface area contributed by atoms with E-state index in [-0.39, 0.29) is 0 Å². The normalized spacial score (nSPS) is 11.0. The molecule has 0 aliphatic carbocycles. The first-order valence-electron chi connectivity index (χ1n) is 7.12. The van der Waals surface area contributed by atoms with Crippen LogP contribution in [0.5, 0.6) is 0 Å². The molecule has 0 atom stereocenters. The van der Waals surface area contributed by atoms with Gasteiger partial charge in [-0.25, -0.2) is 4.98 Å². The van der Waals surface area contributed by atoms with Crippen LogP contribution < -0.4 is 0 Å². The van der Waals surface area contributed by atoms with E-state index in [2.05, 4.69) is 82.2 Å². The summed E-state index contributed by atoms with van der Waals surface area (Å²) in [4.78, 5) is 8.26. The van der Waals surface area contributed by atoms with Crippen molar-refractivity contribution in [1.82, 2.24) is 9.97 Å². The molecular weight excluding hydrogens is 383 g/mol. The van der Waals surface area contributed by atoms with Crippen LogP contribution in [0, 0.1) is 3.70 Å². The second kappa shape index (κ2) is 5.57. The summed E-state index contributed by atoms with van der Waals surface area (Å²) < 4.78 is 1.06. The molecule has 0 bridgehead atoms. The maximum atomic E-state index is 4.84. The number of hydrogen-bond acceptors (Lipinski definition) is 1. The van der Waals surface area contributed by atoms with Crippen molar-refractivity contribution in [1.29, 1.82) is 0 Å². The van der Waals surface area contributed by atoms with Crippen molar-refractivity contribution in [2.24, 2.45) is 0 Å². The first kappa shape index (κ1) is 13.5. The molecule has 0 fully saturated rings. The number of benzene rings is 3. The minimum absolute atomic E-state index is 0.917. The van der Waals surface area contributed by atoms with Gasteiger partial charge in [-0.15, -0.1) is 0 Å². The Morgan fingerprint density at radius 3 is 2.36 bits per heavy atom. The summed E-state index contributed by atoms with van der Waals surface area (Å²) in [6.07, 6.45) is 0. The molecule has 106 valence electrons. The second-order valence-corrected chi connectivity index (χ2v) is 6.22. The van der Waals surface area contributed by atoms with Crippen LogP contribution in [0.3, 0.4) is 0 Å². The maximum absolute atomic E-state index is 4.84. The maximum Gasteiger partial charge on any atom is 0.139 e. The van der Waals surface area contributed by atoms with Crippen molar-refractivity contribution in [3.05, 3.63) is 76.5 Å². The highest BCUT2D eigenvalue weighted by Gasteiger charge is 2.12. The van der Waals surface area contributed by atoms with Gasteiger partial charge in [-0.3, -0.25) is 0 Å². The van der Waals surface area contributed by atoms with Crippen LogP contribution in [0.4, 0.5) is 0 Å². The van der Waals surface area contributed by atoms with Crippen LogP contribution in [0.1, 0.15) is 0 Å². The summed E-state index contributed by atoms with van der Waals surface area (Å²) in [6, 6.07) is 25.0. The molecule has 1 aromatic heterocycles. The van der Waals surface area contributed by atoms with E-state index in [0.29, 0.717) is 0 Å². The quantitative estimate of drug-likeness (QED) is 0.446. The smallest absolute Gasteiger partial charge is 0.139 e. The molecule has 4 aromatic rings. The predicted molar refractivity (Wildman–Crippen MR) is 99.7 cm³/mol. The zero-order valence-electron chi connectivity index (χ0n) is 11.8. The van der Waals surface area contributed by atoms with E-state index >= 15 is 0 Å². The van der Waals surface area contributed by atoms with Crippen LogP contribution in [-0.4, -0.2) is 9.97 Å². The first-order valence-corrected chi connectivity index (χ1v) is 8.20. The first-order chi connectivity index (χ1) is 10.8. The van der Waals surface area contributed by atoms with Crippen molar-refractivity contribution in [3.63, 3.8) is 0 Å². The fourth-order valence-corrected chi connectivity index (χ4v) is 3.39. The molecular formula is C19H13IN2. The molecule has 2 nitrogen and oxygen atoms in total. The Morgan fingerprint density at radius 2 is 1.50 bits per heavy atom. The zero-order valence-corrected chi connectivity index (χ0v) is 13.9. The lowest BCUT2D eigenvalue weighted by Gasteiger charge is -2.03. The molecule has 0 radical (unpaired) electrons. The second-order valence-electron chi connectivity index (χ2n) is 5.14. The monoisotopic (exact) mass is 396 g/mol. The van der Waals surface area contributed by atoms with Gasteiger partial charge in [-0.1, -0.05) is 72.8 Å². The van der Waals surface area contributed by atoms with Gasteiger partial charge >= 0.3 is 0 Å². The molecule has 1 N–H and O–H groups in total. The van der Waals surface area contributed by atoms with Gasteiger partial charge in [0.25, 0.3) is 0 Å². The van der Waals surface area contributed by atoms with Crippen LogP contribution in [-0.2, 0) is 0 Å². The number of nitrogens with zero attached hydrogens (tertiary/aromatic N) is 1. The highest BCUT2D eigenvalue weighted by atomic mass is 127. The van der Waals surface area contributed by atoms with E-state index in [4.69, 9.17) is 4.98 Å². The summed E-state index contributed by atoms with van der Waals surface area (Å²) in [6.45, 7) is 0. The van der Waals surface area contributed by atoms with Crippen molar-refractivity contribution >= 4 is 33.4 Å². The minimum atomic E-state index is 0.917. The lowest BCUT2D eigenvalue weighted by Crippen LogP contribution is -1.83. The van der Waals surface area contributed by atoms with Gasteiger partial charge in [-0.2, -0.15) is 0 Å². The molecule has 0 aliphatic rings. The van der Waals surface area contributed by atoms with Gasteiger partial charge in [0, 0.05) is 11.1 Å². The van der Waals surface area contributed by atoms with E-state index < -0.39 is 0 Å². The average molecular weight is 396 g/mol. The standard InChI is InChI=1S/C19H13IN2/c20-18-17(14-8-2-1-3-9-14)21-19(22-18)16-12-6-10-13-7-4-5-11-15(13)16/h1-12H,(H,21,22). The molecule has 4 rings (SSSR count). The van der Waals surface area contributed by atoms with Crippen molar-refractivity contribution in [2.75, 3.05) is 0 Å². The van der Waals surface area contributed by atoms with Crippen LogP contribution >= 0.6 is 22.6 Å². The lowest BCUT2D eigenvalue weighted by atomic mass is 10.0. The molecule has 1 heterocycles. The zero-order chi connectivity index (χ0) is 14.9. The number of imidazole rings is 1. The Labute approximate surface area is 142 Å².